The second-order valence-electron chi connectivity index (χ2n) is 8.11. The summed E-state index contributed by atoms with van der Waals surface area (Å²) >= 11 is 0. The first kappa shape index (κ1) is 16.5. The first-order valence-corrected chi connectivity index (χ1v) is 8.88. The Morgan fingerprint density at radius 3 is 2.57 bits per heavy atom. The molecule has 1 aromatic rings. The SMILES string of the molecule is CC(O)C1CCCCN1C(=O)c1cc(C2CC2)n(C(C)(C)C)n1. The fourth-order valence-corrected chi connectivity index (χ4v) is 3.57. The molecule has 2 heterocycles. The Balaban J connectivity index is 1.90. The van der Waals surface area contributed by atoms with Gasteiger partial charge in [0.15, 0.2) is 5.69 Å². The van der Waals surface area contributed by atoms with E-state index in [0.717, 1.165) is 25.8 Å². The van der Waals surface area contributed by atoms with E-state index in [4.69, 9.17) is 0 Å². The first-order valence-electron chi connectivity index (χ1n) is 8.88. The van der Waals surface area contributed by atoms with Gasteiger partial charge in [-0.25, -0.2) is 0 Å². The summed E-state index contributed by atoms with van der Waals surface area (Å²) in [7, 11) is 0. The predicted octanol–water partition coefficient (Wildman–Crippen LogP) is 2.89. The number of nitrogens with zero attached hydrogens (tertiary/aromatic N) is 3. The Bertz CT molecular complexity index is 582. The zero-order chi connectivity index (χ0) is 16.8. The minimum atomic E-state index is -0.494. The lowest BCUT2D eigenvalue weighted by Gasteiger charge is -2.37. The van der Waals surface area contributed by atoms with Crippen LogP contribution in [-0.2, 0) is 5.54 Å². The summed E-state index contributed by atoms with van der Waals surface area (Å²) in [6.07, 6.45) is 4.84. The number of carbonyl (C=O) groups excluding carboxylic acids is 1. The summed E-state index contributed by atoms with van der Waals surface area (Å²) in [6.45, 7) is 8.87. The van der Waals surface area contributed by atoms with Gasteiger partial charge in [-0.3, -0.25) is 9.48 Å². The van der Waals surface area contributed by atoms with Crippen LogP contribution in [0, 0.1) is 0 Å². The lowest BCUT2D eigenvalue weighted by molar-refractivity contribution is 0.0275. The van der Waals surface area contributed by atoms with E-state index in [0.29, 0.717) is 11.6 Å². The van der Waals surface area contributed by atoms with Gasteiger partial charge in [0.1, 0.15) is 0 Å². The average molecular weight is 319 g/mol. The van der Waals surface area contributed by atoms with Crippen molar-refractivity contribution in [1.29, 1.82) is 0 Å². The van der Waals surface area contributed by atoms with Gasteiger partial charge in [-0.05, 0) is 65.9 Å². The Kier molecular flexibility index (Phi) is 4.25. The molecule has 2 atom stereocenters. The van der Waals surface area contributed by atoms with E-state index in [1.165, 1.54) is 18.5 Å². The maximum Gasteiger partial charge on any atom is 0.274 e. The van der Waals surface area contributed by atoms with E-state index in [1.54, 1.807) is 6.92 Å². The molecule has 1 saturated heterocycles. The lowest BCUT2D eigenvalue weighted by atomic mass is 9.97. The van der Waals surface area contributed by atoms with Crippen molar-refractivity contribution in [2.75, 3.05) is 6.54 Å². The van der Waals surface area contributed by atoms with E-state index < -0.39 is 6.10 Å². The Morgan fingerprint density at radius 1 is 1.30 bits per heavy atom. The second kappa shape index (κ2) is 5.93. The first-order chi connectivity index (χ1) is 10.8. The summed E-state index contributed by atoms with van der Waals surface area (Å²) in [5, 5.41) is 14.7. The number of aromatic nitrogens is 2. The normalized spacial score (nSPS) is 23.9. The van der Waals surface area contributed by atoms with Gasteiger partial charge >= 0.3 is 0 Å². The van der Waals surface area contributed by atoms with Crippen LogP contribution in [0.4, 0.5) is 0 Å². The van der Waals surface area contributed by atoms with Crippen molar-refractivity contribution in [2.24, 2.45) is 0 Å². The van der Waals surface area contributed by atoms with Crippen LogP contribution < -0.4 is 0 Å². The van der Waals surface area contributed by atoms with E-state index in [-0.39, 0.29) is 17.5 Å². The van der Waals surface area contributed by atoms with Gasteiger partial charge in [0, 0.05) is 18.2 Å². The smallest absolute Gasteiger partial charge is 0.274 e. The van der Waals surface area contributed by atoms with Crippen molar-refractivity contribution >= 4 is 5.91 Å². The van der Waals surface area contributed by atoms with Gasteiger partial charge < -0.3 is 10.0 Å². The largest absolute Gasteiger partial charge is 0.391 e. The van der Waals surface area contributed by atoms with Crippen LogP contribution >= 0.6 is 0 Å². The van der Waals surface area contributed by atoms with Crippen LogP contribution in [0.1, 0.15) is 81.9 Å². The number of piperidine rings is 1. The molecule has 1 aliphatic heterocycles. The molecule has 2 aliphatic rings. The van der Waals surface area contributed by atoms with Crippen LogP contribution in [-0.4, -0.2) is 44.4 Å². The molecule has 23 heavy (non-hydrogen) atoms. The number of rotatable bonds is 3. The van der Waals surface area contributed by atoms with E-state index in [2.05, 4.69) is 25.9 Å². The van der Waals surface area contributed by atoms with Gasteiger partial charge in [-0.2, -0.15) is 5.10 Å². The summed E-state index contributed by atoms with van der Waals surface area (Å²) in [5.74, 6) is 0.526. The van der Waals surface area contributed by atoms with Gasteiger partial charge in [-0.1, -0.05) is 0 Å². The highest BCUT2D eigenvalue weighted by atomic mass is 16.3. The maximum absolute atomic E-state index is 13.0. The molecular weight excluding hydrogens is 290 g/mol. The predicted molar refractivity (Wildman–Crippen MR) is 89.6 cm³/mol. The average Bonchev–Trinajstić information content (AvgIpc) is 3.23. The number of hydrogen-bond donors (Lipinski definition) is 1. The van der Waals surface area contributed by atoms with Crippen molar-refractivity contribution in [3.8, 4) is 0 Å². The van der Waals surface area contributed by atoms with Crippen molar-refractivity contribution in [2.45, 2.75) is 83.4 Å². The summed E-state index contributed by atoms with van der Waals surface area (Å²) < 4.78 is 2.03. The molecule has 0 spiro atoms. The lowest BCUT2D eigenvalue weighted by Crippen LogP contribution is -2.49. The molecule has 1 amide bonds. The fourth-order valence-electron chi connectivity index (χ4n) is 3.57. The van der Waals surface area contributed by atoms with E-state index in [9.17, 15) is 9.90 Å². The number of likely N-dealkylation sites (tertiary alicyclic amines) is 1. The van der Waals surface area contributed by atoms with Gasteiger partial charge in [0.05, 0.1) is 17.7 Å². The second-order valence-corrected chi connectivity index (χ2v) is 8.11. The molecule has 1 aliphatic carbocycles. The summed E-state index contributed by atoms with van der Waals surface area (Å²) in [6, 6.07) is 1.90. The topological polar surface area (TPSA) is 58.4 Å². The minimum absolute atomic E-state index is 0.0273. The molecule has 2 fully saturated rings. The third-order valence-electron chi connectivity index (χ3n) is 4.95. The number of carbonyl (C=O) groups is 1. The summed E-state index contributed by atoms with van der Waals surface area (Å²) in [5.41, 5.74) is 1.60. The molecule has 0 bridgehead atoms. The van der Waals surface area contributed by atoms with Crippen LogP contribution in [0.2, 0.25) is 0 Å². The third-order valence-corrected chi connectivity index (χ3v) is 4.95. The molecule has 1 N–H and O–H groups in total. The van der Waals surface area contributed by atoms with Gasteiger partial charge in [0.25, 0.3) is 5.91 Å². The quantitative estimate of drug-likeness (QED) is 0.932. The number of aliphatic hydroxyl groups is 1. The molecule has 1 aromatic heterocycles. The van der Waals surface area contributed by atoms with E-state index >= 15 is 0 Å². The molecule has 0 radical (unpaired) electrons. The third kappa shape index (κ3) is 3.30. The minimum Gasteiger partial charge on any atom is -0.391 e. The van der Waals surface area contributed by atoms with Crippen LogP contribution in [0.25, 0.3) is 0 Å². The Labute approximate surface area is 138 Å². The Morgan fingerprint density at radius 2 is 2.00 bits per heavy atom. The molecule has 1 saturated carbocycles. The highest BCUT2D eigenvalue weighted by molar-refractivity contribution is 5.92. The van der Waals surface area contributed by atoms with Crippen molar-refractivity contribution < 1.29 is 9.90 Å². The zero-order valence-corrected chi connectivity index (χ0v) is 14.7. The highest BCUT2D eigenvalue weighted by Gasteiger charge is 2.36. The van der Waals surface area contributed by atoms with Crippen LogP contribution in [0.3, 0.4) is 0 Å². The molecule has 5 heteroatoms. The van der Waals surface area contributed by atoms with Crippen molar-refractivity contribution in [1.82, 2.24) is 14.7 Å². The van der Waals surface area contributed by atoms with Crippen molar-refractivity contribution in [3.63, 3.8) is 0 Å². The molecular formula is C18H29N3O2. The molecule has 128 valence electrons. The van der Waals surface area contributed by atoms with Crippen LogP contribution in [0.5, 0.6) is 0 Å². The van der Waals surface area contributed by atoms with Gasteiger partial charge in [0.2, 0.25) is 0 Å². The van der Waals surface area contributed by atoms with Gasteiger partial charge in [-0.15, -0.1) is 0 Å². The molecule has 2 unspecified atom stereocenters. The number of amides is 1. The Hall–Kier alpha value is -1.36. The standard InChI is InChI=1S/C18H29N3O2/c1-12(22)15-7-5-6-10-20(15)17(23)14-11-16(13-8-9-13)21(19-14)18(2,3)4/h11-13,15,22H,5-10H2,1-4H3. The van der Waals surface area contributed by atoms with E-state index in [1.807, 2.05) is 15.6 Å². The fraction of sp³-hybridized carbons (Fsp3) is 0.778. The monoisotopic (exact) mass is 319 g/mol. The zero-order valence-electron chi connectivity index (χ0n) is 14.7. The van der Waals surface area contributed by atoms with Crippen molar-refractivity contribution in [3.05, 3.63) is 17.5 Å². The summed E-state index contributed by atoms with van der Waals surface area (Å²) in [4.78, 5) is 14.8. The molecule has 0 aromatic carbocycles. The molecule has 5 nitrogen and oxygen atoms in total. The number of hydrogen-bond acceptors (Lipinski definition) is 3. The maximum atomic E-state index is 13.0. The molecule has 3 rings (SSSR count). The highest BCUT2D eigenvalue weighted by Crippen LogP contribution is 2.42. The number of aliphatic hydroxyl groups excluding tert-OH is 1. The van der Waals surface area contributed by atoms with Crippen LogP contribution in [0.15, 0.2) is 6.07 Å².